The summed E-state index contributed by atoms with van der Waals surface area (Å²) in [5.41, 5.74) is 8.28. The van der Waals surface area contributed by atoms with Crippen LogP contribution < -0.4 is 5.73 Å². The van der Waals surface area contributed by atoms with E-state index in [4.69, 9.17) is 5.73 Å². The number of carbonyl (C=O) groups is 1. The number of hydrogen-bond donors (Lipinski definition) is 1. The van der Waals surface area contributed by atoms with E-state index in [0.717, 1.165) is 12.1 Å². The van der Waals surface area contributed by atoms with Gasteiger partial charge in [0.05, 0.1) is 5.56 Å². The van der Waals surface area contributed by atoms with Crippen molar-refractivity contribution in [2.45, 2.75) is 39.2 Å². The van der Waals surface area contributed by atoms with Crippen molar-refractivity contribution in [3.63, 3.8) is 0 Å². The molecule has 0 spiro atoms. The molecule has 1 amide bonds. The molecule has 2 rings (SSSR count). The molecule has 0 unspecified atom stereocenters. The molecule has 1 aliphatic rings. The molecule has 1 aromatic rings. The second-order valence-corrected chi connectivity index (χ2v) is 5.68. The van der Waals surface area contributed by atoms with Crippen LogP contribution in [0.5, 0.6) is 0 Å². The molecular weight excluding hydrogens is 212 g/mol. The van der Waals surface area contributed by atoms with Gasteiger partial charge in [0.25, 0.3) is 5.91 Å². The third-order valence-corrected chi connectivity index (χ3v) is 3.49. The average Bonchev–Trinajstić information content (AvgIpc) is 2.23. The Labute approximate surface area is 103 Å². The number of benzene rings is 1. The lowest BCUT2D eigenvalue weighted by atomic mass is 9.77. The lowest BCUT2D eigenvalue weighted by molar-refractivity contribution is 0.0629. The lowest BCUT2D eigenvalue weighted by Gasteiger charge is -2.41. The summed E-state index contributed by atoms with van der Waals surface area (Å²) in [6.45, 7) is 9.15. The van der Waals surface area contributed by atoms with E-state index in [-0.39, 0.29) is 17.4 Å². The molecule has 92 valence electrons. The minimum atomic E-state index is -0.0388. The summed E-state index contributed by atoms with van der Waals surface area (Å²) >= 11 is 0. The number of amides is 1. The third kappa shape index (κ3) is 1.79. The molecule has 0 atom stereocenters. The van der Waals surface area contributed by atoms with Crippen molar-refractivity contribution in [3.05, 3.63) is 29.3 Å². The highest BCUT2D eigenvalue weighted by atomic mass is 16.2. The first-order valence-electron chi connectivity index (χ1n) is 6.04. The van der Waals surface area contributed by atoms with E-state index >= 15 is 0 Å². The summed E-state index contributed by atoms with van der Waals surface area (Å²) in [5.74, 6) is 0.0624. The fourth-order valence-corrected chi connectivity index (χ4v) is 2.52. The maximum Gasteiger partial charge on any atom is 0.256 e. The van der Waals surface area contributed by atoms with Gasteiger partial charge in [-0.1, -0.05) is 26.0 Å². The van der Waals surface area contributed by atoms with Crippen LogP contribution in [0.3, 0.4) is 0 Å². The molecule has 0 fully saturated rings. The Kier molecular flexibility index (Phi) is 2.64. The minimum Gasteiger partial charge on any atom is -0.398 e. The summed E-state index contributed by atoms with van der Waals surface area (Å²) in [4.78, 5) is 14.3. The Bertz CT molecular complexity index is 463. The smallest absolute Gasteiger partial charge is 0.256 e. The molecule has 17 heavy (non-hydrogen) atoms. The van der Waals surface area contributed by atoms with Gasteiger partial charge in [0, 0.05) is 23.7 Å². The maximum atomic E-state index is 12.4. The molecule has 0 radical (unpaired) electrons. The predicted octanol–water partition coefficient (Wildman–Crippen LogP) is 2.41. The van der Waals surface area contributed by atoms with Gasteiger partial charge in [0.2, 0.25) is 0 Å². The Hall–Kier alpha value is -1.51. The van der Waals surface area contributed by atoms with E-state index in [1.807, 2.05) is 30.9 Å². The first kappa shape index (κ1) is 12.0. The number of nitrogens with zero attached hydrogens (tertiary/aromatic N) is 1. The van der Waals surface area contributed by atoms with Gasteiger partial charge in [-0.05, 0) is 25.5 Å². The van der Waals surface area contributed by atoms with Crippen LogP contribution in [0.15, 0.2) is 18.2 Å². The van der Waals surface area contributed by atoms with Crippen LogP contribution in [0, 0.1) is 0 Å². The van der Waals surface area contributed by atoms with Crippen LogP contribution in [-0.2, 0) is 5.41 Å². The van der Waals surface area contributed by atoms with Crippen molar-refractivity contribution in [2.24, 2.45) is 0 Å². The van der Waals surface area contributed by atoms with Crippen LogP contribution in [0.1, 0.15) is 43.6 Å². The molecule has 0 saturated heterocycles. The number of rotatable bonds is 1. The predicted molar refractivity (Wildman–Crippen MR) is 70.1 cm³/mol. The highest BCUT2D eigenvalue weighted by molar-refractivity contribution is 6.02. The van der Waals surface area contributed by atoms with Gasteiger partial charge in [0.1, 0.15) is 0 Å². The van der Waals surface area contributed by atoms with Crippen molar-refractivity contribution >= 4 is 11.6 Å². The lowest BCUT2D eigenvalue weighted by Crippen LogP contribution is -2.49. The highest BCUT2D eigenvalue weighted by Crippen LogP contribution is 2.36. The minimum absolute atomic E-state index is 0.0388. The standard InChI is InChI=1S/C14H20N2O/c1-9(2)16-8-14(3,4)10-6-5-7-11(15)12(10)13(16)17/h5-7,9H,8,15H2,1-4H3. The van der Waals surface area contributed by atoms with Gasteiger partial charge >= 0.3 is 0 Å². The molecule has 1 aromatic carbocycles. The molecule has 0 bridgehead atoms. The molecule has 3 heteroatoms. The number of nitrogen functional groups attached to an aromatic ring is 1. The fourth-order valence-electron chi connectivity index (χ4n) is 2.52. The molecular formula is C14H20N2O. The zero-order valence-corrected chi connectivity index (χ0v) is 10.9. The van der Waals surface area contributed by atoms with Crippen molar-refractivity contribution in [1.82, 2.24) is 4.90 Å². The summed E-state index contributed by atoms with van der Waals surface area (Å²) in [6.07, 6.45) is 0. The van der Waals surface area contributed by atoms with Crippen molar-refractivity contribution in [3.8, 4) is 0 Å². The van der Waals surface area contributed by atoms with Crippen LogP contribution in [-0.4, -0.2) is 23.4 Å². The normalized spacial score (nSPS) is 18.4. The highest BCUT2D eigenvalue weighted by Gasteiger charge is 2.38. The van der Waals surface area contributed by atoms with E-state index in [1.165, 1.54) is 0 Å². The van der Waals surface area contributed by atoms with E-state index in [1.54, 1.807) is 6.07 Å². The zero-order valence-electron chi connectivity index (χ0n) is 10.9. The van der Waals surface area contributed by atoms with E-state index in [0.29, 0.717) is 11.3 Å². The van der Waals surface area contributed by atoms with Gasteiger partial charge in [0.15, 0.2) is 0 Å². The number of carbonyl (C=O) groups excluding carboxylic acids is 1. The molecule has 2 N–H and O–H groups in total. The third-order valence-electron chi connectivity index (χ3n) is 3.49. The molecule has 0 saturated carbocycles. The second-order valence-electron chi connectivity index (χ2n) is 5.68. The van der Waals surface area contributed by atoms with Crippen LogP contribution in [0.2, 0.25) is 0 Å². The van der Waals surface area contributed by atoms with Gasteiger partial charge in [-0.3, -0.25) is 4.79 Å². The summed E-state index contributed by atoms with van der Waals surface area (Å²) < 4.78 is 0. The first-order valence-corrected chi connectivity index (χ1v) is 6.04. The van der Waals surface area contributed by atoms with Crippen LogP contribution in [0.25, 0.3) is 0 Å². The van der Waals surface area contributed by atoms with Crippen molar-refractivity contribution < 1.29 is 4.79 Å². The number of fused-ring (bicyclic) bond motifs is 1. The fraction of sp³-hybridized carbons (Fsp3) is 0.500. The van der Waals surface area contributed by atoms with Crippen LogP contribution in [0.4, 0.5) is 5.69 Å². The molecule has 3 nitrogen and oxygen atoms in total. The Balaban J connectivity index is 2.62. The number of anilines is 1. The number of nitrogens with two attached hydrogens (primary N) is 1. The Morgan fingerprint density at radius 2 is 2.00 bits per heavy atom. The van der Waals surface area contributed by atoms with Gasteiger partial charge in [-0.2, -0.15) is 0 Å². The van der Waals surface area contributed by atoms with Crippen molar-refractivity contribution in [1.29, 1.82) is 0 Å². The SMILES string of the molecule is CC(C)N1CC(C)(C)c2cccc(N)c2C1=O. The van der Waals surface area contributed by atoms with Crippen LogP contribution >= 0.6 is 0 Å². The summed E-state index contributed by atoms with van der Waals surface area (Å²) in [5, 5.41) is 0. The topological polar surface area (TPSA) is 46.3 Å². The molecule has 1 heterocycles. The summed E-state index contributed by atoms with van der Waals surface area (Å²) in [6, 6.07) is 5.95. The second kappa shape index (κ2) is 3.76. The Morgan fingerprint density at radius 3 is 2.59 bits per heavy atom. The zero-order chi connectivity index (χ0) is 12.8. The molecule has 0 aliphatic carbocycles. The van der Waals surface area contributed by atoms with E-state index in [2.05, 4.69) is 13.8 Å². The number of hydrogen-bond acceptors (Lipinski definition) is 2. The Morgan fingerprint density at radius 1 is 1.35 bits per heavy atom. The van der Waals surface area contributed by atoms with E-state index in [9.17, 15) is 4.79 Å². The summed E-state index contributed by atoms with van der Waals surface area (Å²) in [7, 11) is 0. The molecule has 0 aromatic heterocycles. The monoisotopic (exact) mass is 232 g/mol. The quantitative estimate of drug-likeness (QED) is 0.756. The molecule has 1 aliphatic heterocycles. The average molecular weight is 232 g/mol. The van der Waals surface area contributed by atoms with Crippen molar-refractivity contribution in [2.75, 3.05) is 12.3 Å². The van der Waals surface area contributed by atoms with Gasteiger partial charge in [-0.25, -0.2) is 0 Å². The van der Waals surface area contributed by atoms with E-state index < -0.39 is 0 Å². The largest absolute Gasteiger partial charge is 0.398 e. The maximum absolute atomic E-state index is 12.4. The first-order chi connectivity index (χ1) is 7.84. The van der Waals surface area contributed by atoms with Gasteiger partial charge < -0.3 is 10.6 Å². The van der Waals surface area contributed by atoms with Gasteiger partial charge in [-0.15, -0.1) is 0 Å².